The lowest BCUT2D eigenvalue weighted by Gasteiger charge is -2.28. The van der Waals surface area contributed by atoms with E-state index in [9.17, 15) is 4.79 Å². The molecule has 0 heterocycles. The molecule has 2 aliphatic rings. The van der Waals surface area contributed by atoms with Gasteiger partial charge < -0.3 is 9.47 Å². The minimum absolute atomic E-state index is 0.0891. The molecule has 37 heavy (non-hydrogen) atoms. The second kappa shape index (κ2) is 17.9. The van der Waals surface area contributed by atoms with Crippen molar-refractivity contribution in [2.45, 2.75) is 148 Å². The highest BCUT2D eigenvalue weighted by Gasteiger charge is 2.24. The second-order valence-corrected chi connectivity index (χ2v) is 12.1. The van der Waals surface area contributed by atoms with Gasteiger partial charge in [0.15, 0.2) is 0 Å². The molecular weight excluding hydrogens is 456 g/mol. The molecule has 0 radical (unpaired) electrons. The van der Waals surface area contributed by atoms with E-state index in [4.69, 9.17) is 9.47 Å². The Morgan fingerprint density at radius 2 is 1.14 bits per heavy atom. The average Bonchev–Trinajstić information content (AvgIpc) is 2.93. The number of carbonyl (C=O) groups excluding carboxylic acids is 1. The number of hydrogen-bond donors (Lipinski definition) is 0. The van der Waals surface area contributed by atoms with Gasteiger partial charge in [-0.1, -0.05) is 104 Å². The van der Waals surface area contributed by atoms with E-state index in [-0.39, 0.29) is 12.1 Å². The first-order valence-corrected chi connectivity index (χ1v) is 16.1. The zero-order valence-corrected chi connectivity index (χ0v) is 24.2. The van der Waals surface area contributed by atoms with Gasteiger partial charge in [0.05, 0.1) is 12.2 Å². The molecule has 0 aliphatic heterocycles. The molecule has 0 spiro atoms. The van der Waals surface area contributed by atoms with Crippen molar-refractivity contribution in [3.05, 3.63) is 29.8 Å². The van der Waals surface area contributed by atoms with Crippen LogP contribution in [0.1, 0.15) is 153 Å². The molecule has 0 unspecified atom stereocenters. The van der Waals surface area contributed by atoms with Gasteiger partial charge in [0.1, 0.15) is 11.9 Å². The first-order valence-electron chi connectivity index (χ1n) is 16.1. The molecule has 2 aliphatic carbocycles. The van der Waals surface area contributed by atoms with Crippen molar-refractivity contribution < 1.29 is 14.3 Å². The molecule has 0 aromatic heterocycles. The molecule has 3 rings (SSSR count). The number of carbonyl (C=O) groups is 1. The summed E-state index contributed by atoms with van der Waals surface area (Å²) in [6.45, 7) is 5.33. The van der Waals surface area contributed by atoms with Crippen LogP contribution >= 0.6 is 0 Å². The maximum Gasteiger partial charge on any atom is 0.338 e. The van der Waals surface area contributed by atoms with Gasteiger partial charge in [-0.2, -0.15) is 0 Å². The van der Waals surface area contributed by atoms with Crippen LogP contribution in [0.4, 0.5) is 0 Å². The maximum atomic E-state index is 12.6. The van der Waals surface area contributed by atoms with Gasteiger partial charge in [0.25, 0.3) is 0 Å². The fourth-order valence-corrected chi connectivity index (χ4v) is 6.54. The second-order valence-electron chi connectivity index (χ2n) is 12.1. The number of rotatable bonds is 17. The summed E-state index contributed by atoms with van der Waals surface area (Å²) in [5.41, 5.74) is 0.640. The molecule has 210 valence electrons. The van der Waals surface area contributed by atoms with Gasteiger partial charge in [-0.15, -0.1) is 0 Å². The van der Waals surface area contributed by atoms with Gasteiger partial charge >= 0.3 is 5.97 Å². The molecule has 2 fully saturated rings. The topological polar surface area (TPSA) is 35.5 Å². The van der Waals surface area contributed by atoms with Crippen molar-refractivity contribution in [2.24, 2.45) is 17.8 Å². The quantitative estimate of drug-likeness (QED) is 0.154. The van der Waals surface area contributed by atoms with Crippen LogP contribution < -0.4 is 4.74 Å². The van der Waals surface area contributed by atoms with Gasteiger partial charge in [-0.3, -0.25) is 0 Å². The van der Waals surface area contributed by atoms with Crippen molar-refractivity contribution in [1.29, 1.82) is 0 Å². The molecule has 3 heteroatoms. The van der Waals surface area contributed by atoms with Crippen LogP contribution in [0.25, 0.3) is 0 Å². The third-order valence-corrected chi connectivity index (χ3v) is 9.08. The number of unbranched alkanes of at least 4 members (excludes halogenated alkanes) is 6. The Balaban J connectivity index is 1.24. The molecule has 3 nitrogen and oxygen atoms in total. The maximum absolute atomic E-state index is 12.6. The summed E-state index contributed by atoms with van der Waals surface area (Å²) in [5, 5.41) is 0. The molecule has 0 saturated heterocycles. The largest absolute Gasteiger partial charge is 0.494 e. The smallest absolute Gasteiger partial charge is 0.338 e. The highest BCUT2D eigenvalue weighted by atomic mass is 16.5. The first kappa shape index (κ1) is 30.0. The van der Waals surface area contributed by atoms with Crippen molar-refractivity contribution in [2.75, 3.05) is 6.61 Å². The molecule has 2 saturated carbocycles. The van der Waals surface area contributed by atoms with E-state index in [1.165, 1.54) is 109 Å². The van der Waals surface area contributed by atoms with Crippen LogP contribution in [-0.4, -0.2) is 18.7 Å². The van der Waals surface area contributed by atoms with Crippen molar-refractivity contribution in [3.63, 3.8) is 0 Å². The average molecular weight is 513 g/mol. The SMILES string of the molecule is CCCCCCCC1CCC(OC(=O)c2ccc(OCCCC3CCC(CCCCC)CC3)cc2)CC1. The van der Waals surface area contributed by atoms with Crippen molar-refractivity contribution >= 4 is 5.97 Å². The fourth-order valence-electron chi connectivity index (χ4n) is 6.54. The van der Waals surface area contributed by atoms with Crippen LogP contribution in [0.2, 0.25) is 0 Å². The summed E-state index contributed by atoms with van der Waals surface area (Å²) in [5.74, 6) is 3.39. The van der Waals surface area contributed by atoms with Gasteiger partial charge in [-0.05, 0) is 80.5 Å². The predicted octanol–water partition coefficient (Wildman–Crippen LogP) is 10.3. The Hall–Kier alpha value is -1.51. The standard InChI is InChI=1S/C34H56O3/c1-3-5-7-8-10-13-29-19-23-33(24-20-29)37-34(35)31-21-25-32(26-22-31)36-27-11-14-30-17-15-28(16-18-30)12-9-6-4-2/h21-22,25-26,28-30,33H,3-20,23-24,27H2,1-2H3. The third kappa shape index (κ3) is 11.8. The van der Waals surface area contributed by atoms with E-state index in [0.717, 1.165) is 49.4 Å². The third-order valence-electron chi connectivity index (χ3n) is 9.08. The van der Waals surface area contributed by atoms with Gasteiger partial charge in [0, 0.05) is 0 Å². The molecule has 0 atom stereocenters. The van der Waals surface area contributed by atoms with Crippen LogP contribution in [0, 0.1) is 17.8 Å². The Kier molecular flexibility index (Phi) is 14.5. The monoisotopic (exact) mass is 512 g/mol. The molecule has 1 aromatic rings. The predicted molar refractivity (Wildman–Crippen MR) is 155 cm³/mol. The lowest BCUT2D eigenvalue weighted by molar-refractivity contribution is 0.0161. The molecule has 1 aromatic carbocycles. The van der Waals surface area contributed by atoms with E-state index in [1.807, 2.05) is 24.3 Å². The summed E-state index contributed by atoms with van der Waals surface area (Å²) in [4.78, 5) is 12.6. The van der Waals surface area contributed by atoms with Gasteiger partial charge in [-0.25, -0.2) is 4.79 Å². The number of benzene rings is 1. The van der Waals surface area contributed by atoms with E-state index in [2.05, 4.69) is 13.8 Å². The van der Waals surface area contributed by atoms with Crippen LogP contribution in [0.15, 0.2) is 24.3 Å². The molecular formula is C34H56O3. The zero-order valence-electron chi connectivity index (χ0n) is 24.2. The Bertz CT molecular complexity index is 711. The Labute approximate surface area is 228 Å². The van der Waals surface area contributed by atoms with Crippen LogP contribution in [0.5, 0.6) is 5.75 Å². The molecule has 0 bridgehead atoms. The lowest BCUT2D eigenvalue weighted by atomic mass is 9.78. The number of ether oxygens (including phenoxy) is 2. The molecule has 0 amide bonds. The van der Waals surface area contributed by atoms with E-state index in [0.29, 0.717) is 5.56 Å². The number of esters is 1. The van der Waals surface area contributed by atoms with Crippen LogP contribution in [-0.2, 0) is 4.74 Å². The Morgan fingerprint density at radius 3 is 1.73 bits per heavy atom. The fraction of sp³-hybridized carbons (Fsp3) is 0.794. The summed E-state index contributed by atoms with van der Waals surface area (Å²) >= 11 is 0. The normalized spacial score (nSPS) is 24.1. The summed E-state index contributed by atoms with van der Waals surface area (Å²) < 4.78 is 11.8. The Morgan fingerprint density at radius 1 is 0.649 bits per heavy atom. The highest BCUT2D eigenvalue weighted by molar-refractivity contribution is 5.89. The first-order chi connectivity index (χ1) is 18.2. The minimum atomic E-state index is -0.181. The summed E-state index contributed by atoms with van der Waals surface area (Å²) in [6, 6.07) is 7.57. The van der Waals surface area contributed by atoms with Gasteiger partial charge in [0.2, 0.25) is 0 Å². The van der Waals surface area contributed by atoms with E-state index >= 15 is 0 Å². The highest BCUT2D eigenvalue weighted by Crippen LogP contribution is 2.34. The number of hydrogen-bond acceptors (Lipinski definition) is 3. The zero-order chi connectivity index (χ0) is 26.1. The lowest BCUT2D eigenvalue weighted by Crippen LogP contribution is -2.24. The van der Waals surface area contributed by atoms with E-state index in [1.54, 1.807) is 0 Å². The summed E-state index contributed by atoms with van der Waals surface area (Å²) in [7, 11) is 0. The molecule has 0 N–H and O–H groups in total. The summed E-state index contributed by atoms with van der Waals surface area (Å²) in [6.07, 6.45) is 26.4. The van der Waals surface area contributed by atoms with Crippen LogP contribution in [0.3, 0.4) is 0 Å². The minimum Gasteiger partial charge on any atom is -0.494 e. The van der Waals surface area contributed by atoms with Crippen molar-refractivity contribution in [3.8, 4) is 5.75 Å². The van der Waals surface area contributed by atoms with Crippen molar-refractivity contribution in [1.82, 2.24) is 0 Å². The van der Waals surface area contributed by atoms with E-state index < -0.39 is 0 Å².